The topological polar surface area (TPSA) is 44.4 Å². The SMILES string of the molecule is O=C(NC1CCC1)N1CCCC1C1CCCN1. The zero-order chi connectivity index (χ0) is 11.7. The fourth-order valence-corrected chi connectivity index (χ4v) is 3.31. The van der Waals surface area contributed by atoms with E-state index in [4.69, 9.17) is 0 Å². The maximum Gasteiger partial charge on any atom is 0.317 e. The molecule has 3 fully saturated rings. The minimum atomic E-state index is 0.186. The van der Waals surface area contributed by atoms with E-state index in [1.54, 1.807) is 0 Å². The molecule has 0 aromatic carbocycles. The van der Waals surface area contributed by atoms with E-state index in [9.17, 15) is 4.79 Å². The third-order valence-electron chi connectivity index (χ3n) is 4.56. The Morgan fingerprint density at radius 1 is 1.12 bits per heavy atom. The molecule has 0 spiro atoms. The molecular weight excluding hydrogens is 214 g/mol. The van der Waals surface area contributed by atoms with E-state index in [1.807, 2.05) is 0 Å². The van der Waals surface area contributed by atoms with Crippen molar-refractivity contribution in [3.63, 3.8) is 0 Å². The highest BCUT2D eigenvalue weighted by Gasteiger charge is 2.36. The van der Waals surface area contributed by atoms with Gasteiger partial charge < -0.3 is 15.5 Å². The highest BCUT2D eigenvalue weighted by molar-refractivity contribution is 5.75. The zero-order valence-electron chi connectivity index (χ0n) is 10.5. The third-order valence-corrected chi connectivity index (χ3v) is 4.56. The highest BCUT2D eigenvalue weighted by atomic mass is 16.2. The molecule has 2 heterocycles. The second kappa shape index (κ2) is 4.84. The van der Waals surface area contributed by atoms with E-state index in [-0.39, 0.29) is 6.03 Å². The Balaban J connectivity index is 1.57. The summed E-state index contributed by atoms with van der Waals surface area (Å²) in [6, 6.07) is 1.63. The molecule has 0 aromatic heterocycles. The van der Waals surface area contributed by atoms with Crippen molar-refractivity contribution in [2.45, 2.75) is 63.1 Å². The number of carbonyl (C=O) groups is 1. The molecule has 2 atom stereocenters. The largest absolute Gasteiger partial charge is 0.335 e. The summed E-state index contributed by atoms with van der Waals surface area (Å²) in [6.45, 7) is 2.07. The van der Waals surface area contributed by atoms with Crippen LogP contribution in [0.3, 0.4) is 0 Å². The number of hydrogen-bond acceptors (Lipinski definition) is 2. The fourth-order valence-electron chi connectivity index (χ4n) is 3.31. The van der Waals surface area contributed by atoms with Crippen molar-refractivity contribution in [1.82, 2.24) is 15.5 Å². The number of nitrogens with zero attached hydrogens (tertiary/aromatic N) is 1. The standard InChI is InChI=1S/C13H23N3O/c17-13(15-10-4-1-5-10)16-9-3-7-12(16)11-6-2-8-14-11/h10-12,14H,1-9H2,(H,15,17). The number of hydrogen-bond donors (Lipinski definition) is 2. The Morgan fingerprint density at radius 2 is 2.00 bits per heavy atom. The lowest BCUT2D eigenvalue weighted by molar-refractivity contribution is 0.171. The lowest BCUT2D eigenvalue weighted by Gasteiger charge is -2.33. The summed E-state index contributed by atoms with van der Waals surface area (Å²) in [5.74, 6) is 0. The summed E-state index contributed by atoms with van der Waals surface area (Å²) in [5, 5.41) is 6.71. The number of amides is 2. The van der Waals surface area contributed by atoms with E-state index in [0.29, 0.717) is 18.1 Å². The van der Waals surface area contributed by atoms with Gasteiger partial charge in [0.1, 0.15) is 0 Å². The minimum Gasteiger partial charge on any atom is -0.335 e. The molecule has 2 N–H and O–H groups in total. The van der Waals surface area contributed by atoms with Gasteiger partial charge in [0.25, 0.3) is 0 Å². The molecule has 3 rings (SSSR count). The van der Waals surface area contributed by atoms with Crippen LogP contribution in [0, 0.1) is 0 Å². The van der Waals surface area contributed by atoms with E-state index in [0.717, 1.165) is 13.1 Å². The summed E-state index contributed by atoms with van der Waals surface area (Å²) in [7, 11) is 0. The van der Waals surface area contributed by atoms with Crippen molar-refractivity contribution in [2.75, 3.05) is 13.1 Å². The van der Waals surface area contributed by atoms with Gasteiger partial charge in [-0.05, 0) is 51.5 Å². The molecular formula is C13H23N3O. The van der Waals surface area contributed by atoms with E-state index in [1.165, 1.54) is 44.9 Å². The van der Waals surface area contributed by atoms with Gasteiger partial charge in [0.15, 0.2) is 0 Å². The summed E-state index contributed by atoms with van der Waals surface area (Å²) in [4.78, 5) is 14.3. The Kier molecular flexibility index (Phi) is 3.23. The summed E-state index contributed by atoms with van der Waals surface area (Å²) in [6.07, 6.45) is 8.46. The van der Waals surface area contributed by atoms with Crippen LogP contribution in [0.25, 0.3) is 0 Å². The van der Waals surface area contributed by atoms with Crippen molar-refractivity contribution in [2.24, 2.45) is 0 Å². The molecule has 2 amide bonds. The molecule has 4 nitrogen and oxygen atoms in total. The monoisotopic (exact) mass is 237 g/mol. The maximum atomic E-state index is 12.2. The van der Waals surface area contributed by atoms with Gasteiger partial charge >= 0.3 is 6.03 Å². The Hall–Kier alpha value is -0.770. The van der Waals surface area contributed by atoms with E-state index in [2.05, 4.69) is 15.5 Å². The van der Waals surface area contributed by atoms with Crippen LogP contribution in [0.5, 0.6) is 0 Å². The van der Waals surface area contributed by atoms with Crippen LogP contribution in [0.15, 0.2) is 0 Å². The molecule has 17 heavy (non-hydrogen) atoms. The second-order valence-corrected chi connectivity index (χ2v) is 5.68. The summed E-state index contributed by atoms with van der Waals surface area (Å²) in [5.41, 5.74) is 0. The molecule has 3 aliphatic rings. The Labute approximate surface area is 103 Å². The summed E-state index contributed by atoms with van der Waals surface area (Å²) < 4.78 is 0. The van der Waals surface area contributed by atoms with Crippen LogP contribution < -0.4 is 10.6 Å². The van der Waals surface area contributed by atoms with Gasteiger partial charge in [-0.3, -0.25) is 0 Å². The summed E-state index contributed by atoms with van der Waals surface area (Å²) >= 11 is 0. The molecule has 0 aromatic rings. The molecule has 4 heteroatoms. The predicted molar refractivity (Wildman–Crippen MR) is 66.9 cm³/mol. The van der Waals surface area contributed by atoms with Crippen molar-refractivity contribution in [3.05, 3.63) is 0 Å². The quantitative estimate of drug-likeness (QED) is 0.764. The Morgan fingerprint density at radius 3 is 2.65 bits per heavy atom. The maximum absolute atomic E-state index is 12.2. The Bertz CT molecular complexity index is 284. The van der Waals surface area contributed by atoms with Crippen molar-refractivity contribution in [3.8, 4) is 0 Å². The molecule has 2 aliphatic heterocycles. The normalized spacial score (nSPS) is 33.8. The second-order valence-electron chi connectivity index (χ2n) is 5.68. The number of likely N-dealkylation sites (tertiary alicyclic amines) is 1. The first-order valence-electron chi connectivity index (χ1n) is 7.15. The van der Waals surface area contributed by atoms with Crippen LogP contribution in [-0.4, -0.2) is 42.1 Å². The van der Waals surface area contributed by atoms with E-state index < -0.39 is 0 Å². The first-order valence-corrected chi connectivity index (χ1v) is 7.15. The van der Waals surface area contributed by atoms with Gasteiger partial charge in [0.05, 0.1) is 0 Å². The smallest absolute Gasteiger partial charge is 0.317 e. The molecule has 96 valence electrons. The van der Waals surface area contributed by atoms with Crippen molar-refractivity contribution >= 4 is 6.03 Å². The van der Waals surface area contributed by atoms with E-state index >= 15 is 0 Å². The first kappa shape index (κ1) is 11.3. The number of nitrogens with one attached hydrogen (secondary N) is 2. The molecule has 1 saturated carbocycles. The van der Waals surface area contributed by atoms with Gasteiger partial charge in [-0.1, -0.05) is 0 Å². The minimum absolute atomic E-state index is 0.186. The average molecular weight is 237 g/mol. The number of carbonyl (C=O) groups excluding carboxylic acids is 1. The molecule has 2 saturated heterocycles. The van der Waals surface area contributed by atoms with Crippen LogP contribution in [0.4, 0.5) is 4.79 Å². The van der Waals surface area contributed by atoms with Gasteiger partial charge in [-0.2, -0.15) is 0 Å². The van der Waals surface area contributed by atoms with Crippen LogP contribution in [0.1, 0.15) is 44.9 Å². The third kappa shape index (κ3) is 2.28. The van der Waals surface area contributed by atoms with Gasteiger partial charge in [0.2, 0.25) is 0 Å². The van der Waals surface area contributed by atoms with Crippen LogP contribution in [0.2, 0.25) is 0 Å². The first-order chi connectivity index (χ1) is 8.34. The molecule has 0 radical (unpaired) electrons. The van der Waals surface area contributed by atoms with Crippen molar-refractivity contribution < 1.29 is 4.79 Å². The van der Waals surface area contributed by atoms with Gasteiger partial charge in [0, 0.05) is 24.7 Å². The van der Waals surface area contributed by atoms with Crippen molar-refractivity contribution in [1.29, 1.82) is 0 Å². The van der Waals surface area contributed by atoms with Crippen LogP contribution >= 0.6 is 0 Å². The van der Waals surface area contributed by atoms with Crippen LogP contribution in [-0.2, 0) is 0 Å². The van der Waals surface area contributed by atoms with Gasteiger partial charge in [-0.25, -0.2) is 4.79 Å². The highest BCUT2D eigenvalue weighted by Crippen LogP contribution is 2.26. The predicted octanol–water partition coefficient (Wildman–Crippen LogP) is 1.46. The number of urea groups is 1. The lowest BCUT2D eigenvalue weighted by Crippen LogP contribution is -2.53. The molecule has 1 aliphatic carbocycles. The lowest BCUT2D eigenvalue weighted by atomic mass is 9.93. The zero-order valence-corrected chi connectivity index (χ0v) is 10.5. The molecule has 2 unspecified atom stereocenters. The van der Waals surface area contributed by atoms with Gasteiger partial charge in [-0.15, -0.1) is 0 Å². The number of rotatable bonds is 2. The average Bonchev–Trinajstić information content (AvgIpc) is 2.91. The fraction of sp³-hybridized carbons (Fsp3) is 0.923. The molecule has 0 bridgehead atoms.